The fourth-order valence-electron chi connectivity index (χ4n) is 1.80. The molecule has 160 valence electrons. The van der Waals surface area contributed by atoms with Gasteiger partial charge in [0.25, 0.3) is 20.2 Å². The number of anilines is 4. The van der Waals surface area contributed by atoms with Gasteiger partial charge in [0.15, 0.2) is 0 Å². The number of sulfonamides is 1. The van der Waals surface area contributed by atoms with E-state index in [1.165, 1.54) is 24.3 Å². The van der Waals surface area contributed by atoms with Crippen LogP contribution in [0.2, 0.25) is 0 Å². The van der Waals surface area contributed by atoms with Crippen molar-refractivity contribution < 1.29 is 25.3 Å². The summed E-state index contributed by atoms with van der Waals surface area (Å²) in [6.45, 7) is 0. The van der Waals surface area contributed by atoms with Crippen LogP contribution in [-0.4, -0.2) is 49.3 Å². The Morgan fingerprint density at radius 2 is 1.24 bits per heavy atom. The van der Waals surface area contributed by atoms with E-state index in [-0.39, 0.29) is 4.90 Å². The van der Waals surface area contributed by atoms with Crippen LogP contribution in [0.3, 0.4) is 0 Å². The Labute approximate surface area is 167 Å². The molecular formula is C12H18N8O6S3. The summed E-state index contributed by atoms with van der Waals surface area (Å²) in [5.41, 5.74) is 5.87. The predicted octanol–water partition coefficient (Wildman–Crippen LogP) is -1.39. The maximum Gasteiger partial charge on any atom is 0.301 e. The Hall–Kier alpha value is -2.73. The van der Waals surface area contributed by atoms with Crippen LogP contribution < -0.4 is 29.3 Å². The van der Waals surface area contributed by atoms with E-state index >= 15 is 0 Å². The zero-order valence-electron chi connectivity index (χ0n) is 15.0. The van der Waals surface area contributed by atoms with Gasteiger partial charge in [-0.05, 0) is 24.3 Å². The van der Waals surface area contributed by atoms with Crippen molar-refractivity contribution in [1.82, 2.24) is 19.4 Å². The van der Waals surface area contributed by atoms with Crippen LogP contribution in [0.25, 0.3) is 0 Å². The Bertz CT molecular complexity index is 1140. The topological polar surface area (TPSA) is 214 Å². The Balaban J connectivity index is 2.47. The van der Waals surface area contributed by atoms with Crippen LogP contribution in [0.1, 0.15) is 0 Å². The van der Waals surface area contributed by atoms with Gasteiger partial charge in [-0.1, -0.05) is 0 Å². The van der Waals surface area contributed by atoms with E-state index in [4.69, 9.17) is 5.73 Å². The van der Waals surface area contributed by atoms with Gasteiger partial charge in [-0.25, -0.2) is 22.6 Å². The molecule has 0 atom stereocenters. The van der Waals surface area contributed by atoms with E-state index in [2.05, 4.69) is 14.7 Å². The molecule has 17 heteroatoms. The average molecular weight is 467 g/mol. The lowest BCUT2D eigenvalue weighted by Crippen LogP contribution is -2.29. The van der Waals surface area contributed by atoms with Gasteiger partial charge in [0.05, 0.1) is 4.90 Å². The van der Waals surface area contributed by atoms with E-state index < -0.39 is 48.0 Å². The van der Waals surface area contributed by atoms with Crippen LogP contribution in [0.4, 0.5) is 23.3 Å². The smallest absolute Gasteiger partial charge is 0.301 e. The number of aromatic nitrogens is 2. The summed E-state index contributed by atoms with van der Waals surface area (Å²) < 4.78 is 81.7. The molecule has 1 heterocycles. The lowest BCUT2D eigenvalue weighted by Gasteiger charge is -2.12. The maximum atomic E-state index is 12.5. The Morgan fingerprint density at radius 1 is 0.759 bits per heavy atom. The maximum absolute atomic E-state index is 12.5. The minimum Gasteiger partial charge on any atom is -0.399 e. The summed E-state index contributed by atoms with van der Waals surface area (Å²) in [5, 5.41) is 0. The molecule has 0 bridgehead atoms. The second-order valence-corrected chi connectivity index (χ2v) is 10.2. The minimum absolute atomic E-state index is 0.153. The summed E-state index contributed by atoms with van der Waals surface area (Å²) >= 11 is 0. The van der Waals surface area contributed by atoms with Crippen molar-refractivity contribution in [3.05, 3.63) is 30.3 Å². The molecule has 0 spiro atoms. The van der Waals surface area contributed by atoms with Crippen LogP contribution in [0.5, 0.6) is 0 Å². The van der Waals surface area contributed by atoms with Gasteiger partial charge >= 0.3 is 10.2 Å². The van der Waals surface area contributed by atoms with Gasteiger partial charge in [0.2, 0.25) is 5.95 Å². The number of nitrogens with zero attached hydrogens (tertiary/aromatic N) is 2. The van der Waals surface area contributed by atoms with Crippen molar-refractivity contribution in [3.8, 4) is 0 Å². The highest BCUT2D eigenvalue weighted by Gasteiger charge is 2.19. The van der Waals surface area contributed by atoms with E-state index in [0.29, 0.717) is 5.69 Å². The largest absolute Gasteiger partial charge is 0.399 e. The van der Waals surface area contributed by atoms with Crippen molar-refractivity contribution >= 4 is 53.7 Å². The predicted molar refractivity (Wildman–Crippen MR) is 107 cm³/mol. The number of nitrogen functional groups attached to an aromatic ring is 1. The monoisotopic (exact) mass is 466 g/mol. The van der Waals surface area contributed by atoms with Crippen molar-refractivity contribution in [3.63, 3.8) is 0 Å². The van der Waals surface area contributed by atoms with Crippen LogP contribution >= 0.6 is 0 Å². The lowest BCUT2D eigenvalue weighted by molar-refractivity contribution is 0.592. The number of nitrogens with two attached hydrogens (primary N) is 1. The Morgan fingerprint density at radius 3 is 1.76 bits per heavy atom. The molecule has 0 aliphatic rings. The SMILES string of the molecule is CNS(=O)(=O)Nc1cc(NS(=O)(=O)c2ccc(N)cc2)nc(NS(=O)(=O)NC)n1. The molecule has 0 unspecified atom stereocenters. The van der Waals surface area contributed by atoms with Crippen molar-refractivity contribution in [2.75, 3.05) is 34.0 Å². The Kier molecular flexibility index (Phi) is 6.48. The number of hydrogen-bond acceptors (Lipinski definition) is 9. The highest BCUT2D eigenvalue weighted by molar-refractivity contribution is 7.92. The first kappa shape index (κ1) is 22.6. The molecule has 1 aromatic heterocycles. The van der Waals surface area contributed by atoms with Crippen molar-refractivity contribution in [1.29, 1.82) is 0 Å². The molecule has 0 aliphatic heterocycles. The fourth-order valence-corrected chi connectivity index (χ4v) is 3.71. The van der Waals surface area contributed by atoms with E-state index in [0.717, 1.165) is 20.2 Å². The highest BCUT2D eigenvalue weighted by atomic mass is 32.2. The van der Waals surface area contributed by atoms with Crippen molar-refractivity contribution in [2.24, 2.45) is 0 Å². The minimum atomic E-state index is -4.14. The average Bonchev–Trinajstić information content (AvgIpc) is 2.60. The summed E-state index contributed by atoms with van der Waals surface area (Å²) in [6, 6.07) is 6.18. The van der Waals surface area contributed by atoms with Crippen LogP contribution in [0.15, 0.2) is 35.2 Å². The number of benzene rings is 1. The summed E-state index contributed by atoms with van der Waals surface area (Å²) in [7, 11) is -10.0. The van der Waals surface area contributed by atoms with Crippen LogP contribution in [0, 0.1) is 0 Å². The first-order valence-corrected chi connectivity index (χ1v) is 12.0. The molecule has 14 nitrogen and oxygen atoms in total. The van der Waals surface area contributed by atoms with E-state index in [1.54, 1.807) is 0 Å². The molecule has 29 heavy (non-hydrogen) atoms. The molecule has 7 N–H and O–H groups in total. The standard InChI is InChI=1S/C12H18N8O6S3/c1-14-28(23,24)19-11-7-10(16-12(17-11)20-29(25,26)15-2)18-27(21,22)9-5-3-8(13)4-6-9/h3-7,14-15H,13H2,1-2H3,(H3,16,17,18,19,20). The lowest BCUT2D eigenvalue weighted by atomic mass is 10.3. The van der Waals surface area contributed by atoms with Crippen molar-refractivity contribution in [2.45, 2.75) is 4.90 Å². The second kappa shape index (κ2) is 8.33. The number of rotatable bonds is 9. The quantitative estimate of drug-likeness (QED) is 0.240. The normalized spacial score (nSPS) is 12.3. The van der Waals surface area contributed by atoms with Gasteiger partial charge in [-0.2, -0.15) is 26.8 Å². The fraction of sp³-hybridized carbons (Fsp3) is 0.167. The third-order valence-corrected chi connectivity index (χ3v) is 6.53. The molecule has 0 radical (unpaired) electrons. The molecule has 0 fully saturated rings. The molecule has 0 amide bonds. The van der Waals surface area contributed by atoms with Gasteiger partial charge in [0, 0.05) is 25.8 Å². The van der Waals surface area contributed by atoms with Gasteiger partial charge in [0.1, 0.15) is 11.6 Å². The first-order chi connectivity index (χ1) is 13.4. The van der Waals surface area contributed by atoms with Gasteiger partial charge < -0.3 is 5.73 Å². The number of hydrogen-bond donors (Lipinski definition) is 6. The summed E-state index contributed by atoms with van der Waals surface area (Å²) in [5.74, 6) is -1.40. The molecular weight excluding hydrogens is 448 g/mol. The summed E-state index contributed by atoms with van der Waals surface area (Å²) in [6.07, 6.45) is 0. The molecule has 0 aliphatic carbocycles. The van der Waals surface area contributed by atoms with Crippen LogP contribution in [-0.2, 0) is 30.4 Å². The first-order valence-electron chi connectivity index (χ1n) is 7.56. The zero-order valence-corrected chi connectivity index (χ0v) is 17.5. The molecule has 0 saturated heterocycles. The van der Waals surface area contributed by atoms with Gasteiger partial charge in [-0.15, -0.1) is 0 Å². The zero-order chi connectivity index (χ0) is 21.9. The molecule has 2 aromatic rings. The highest BCUT2D eigenvalue weighted by Crippen LogP contribution is 2.20. The van der Waals surface area contributed by atoms with E-state index in [1.807, 2.05) is 18.9 Å². The van der Waals surface area contributed by atoms with E-state index in [9.17, 15) is 25.3 Å². The molecule has 2 rings (SSSR count). The van der Waals surface area contributed by atoms with Gasteiger partial charge in [-0.3, -0.25) is 9.44 Å². The third-order valence-electron chi connectivity index (χ3n) is 3.16. The number of nitrogens with one attached hydrogen (secondary N) is 5. The second-order valence-electron chi connectivity index (χ2n) is 5.26. The summed E-state index contributed by atoms with van der Waals surface area (Å²) in [4.78, 5) is 7.28. The third kappa shape index (κ3) is 6.39. The molecule has 0 saturated carbocycles. The molecule has 1 aromatic carbocycles.